The van der Waals surface area contributed by atoms with E-state index in [1.807, 2.05) is 24.3 Å². The van der Waals surface area contributed by atoms with Gasteiger partial charge in [-0.3, -0.25) is 4.79 Å². The Bertz CT molecular complexity index is 486. The molecular weight excluding hydrogens is 268 g/mol. The van der Waals surface area contributed by atoms with Gasteiger partial charge in [0.15, 0.2) is 0 Å². The first-order chi connectivity index (χ1) is 10.3. The summed E-state index contributed by atoms with van der Waals surface area (Å²) in [6, 6.07) is 7.57. The average molecular weight is 290 g/mol. The summed E-state index contributed by atoms with van der Waals surface area (Å²) in [7, 11) is 0. The van der Waals surface area contributed by atoms with Crippen LogP contribution in [0.15, 0.2) is 24.3 Å². The van der Waals surface area contributed by atoms with Gasteiger partial charge in [0, 0.05) is 24.5 Å². The summed E-state index contributed by atoms with van der Waals surface area (Å²) >= 11 is 0. The minimum absolute atomic E-state index is 0.0245. The van der Waals surface area contributed by atoms with Gasteiger partial charge in [-0.25, -0.2) is 0 Å². The molecule has 2 atom stereocenters. The van der Waals surface area contributed by atoms with E-state index in [2.05, 4.69) is 10.6 Å². The lowest BCUT2D eigenvalue weighted by Gasteiger charge is -2.12. The number of ether oxygens (including phenoxy) is 2. The Kier molecular flexibility index (Phi) is 4.85. The van der Waals surface area contributed by atoms with E-state index in [4.69, 9.17) is 9.47 Å². The zero-order valence-electron chi connectivity index (χ0n) is 12.1. The fraction of sp³-hybridized carbons (Fsp3) is 0.562. The number of fused-ring (bicyclic) bond motifs is 1. The number of nitrogens with one attached hydrogen (secondary N) is 2. The highest BCUT2D eigenvalue weighted by Crippen LogP contribution is 2.29. The highest BCUT2D eigenvalue weighted by Gasteiger charge is 2.29. The topological polar surface area (TPSA) is 59.6 Å². The summed E-state index contributed by atoms with van der Waals surface area (Å²) in [4.78, 5) is 11.9. The molecule has 5 heteroatoms. The Morgan fingerprint density at radius 1 is 1.38 bits per heavy atom. The summed E-state index contributed by atoms with van der Waals surface area (Å²) in [5.41, 5.74) is 1.94. The molecule has 3 rings (SSSR count). The van der Waals surface area contributed by atoms with E-state index in [-0.39, 0.29) is 18.1 Å². The second kappa shape index (κ2) is 7.02. The lowest BCUT2D eigenvalue weighted by atomic mass is 10.1. The van der Waals surface area contributed by atoms with Gasteiger partial charge in [-0.05, 0) is 31.9 Å². The summed E-state index contributed by atoms with van der Waals surface area (Å²) in [5, 5.41) is 6.18. The van der Waals surface area contributed by atoms with Gasteiger partial charge in [0.2, 0.25) is 5.91 Å². The van der Waals surface area contributed by atoms with Crippen molar-refractivity contribution in [3.63, 3.8) is 0 Å². The molecule has 21 heavy (non-hydrogen) atoms. The van der Waals surface area contributed by atoms with E-state index < -0.39 is 0 Å². The van der Waals surface area contributed by atoms with Crippen molar-refractivity contribution in [2.45, 2.75) is 31.4 Å². The quantitative estimate of drug-likeness (QED) is 0.753. The molecule has 0 aromatic heterocycles. The number of benzene rings is 1. The molecule has 1 amide bonds. The lowest BCUT2D eigenvalue weighted by molar-refractivity contribution is -0.117. The van der Waals surface area contributed by atoms with Crippen LogP contribution in [0.25, 0.3) is 0 Å². The first-order valence-corrected chi connectivity index (χ1v) is 7.67. The zero-order chi connectivity index (χ0) is 14.5. The summed E-state index contributed by atoms with van der Waals surface area (Å²) in [6.07, 6.45) is 3.42. The Balaban J connectivity index is 1.35. The monoisotopic (exact) mass is 290 g/mol. The van der Waals surface area contributed by atoms with Gasteiger partial charge in [0.05, 0.1) is 12.7 Å². The SMILES string of the molecule is O=C1Nc2ccccc2C1NCCCOCC1CCCO1. The van der Waals surface area contributed by atoms with E-state index in [9.17, 15) is 4.79 Å². The molecule has 1 fully saturated rings. The highest BCUT2D eigenvalue weighted by atomic mass is 16.5. The van der Waals surface area contributed by atoms with Gasteiger partial charge in [-0.1, -0.05) is 18.2 Å². The number of anilines is 1. The van der Waals surface area contributed by atoms with Crippen LogP contribution in [0.1, 0.15) is 30.9 Å². The van der Waals surface area contributed by atoms with Crippen LogP contribution in [-0.2, 0) is 14.3 Å². The summed E-state index contributed by atoms with van der Waals surface area (Å²) in [6.45, 7) is 3.01. The van der Waals surface area contributed by atoms with Gasteiger partial charge in [-0.2, -0.15) is 0 Å². The number of amides is 1. The molecule has 0 radical (unpaired) electrons. The largest absolute Gasteiger partial charge is 0.379 e. The van der Waals surface area contributed by atoms with Gasteiger partial charge < -0.3 is 20.1 Å². The van der Waals surface area contributed by atoms with Crippen LogP contribution in [0, 0.1) is 0 Å². The van der Waals surface area contributed by atoms with Crippen molar-refractivity contribution < 1.29 is 14.3 Å². The molecule has 0 bridgehead atoms. The van der Waals surface area contributed by atoms with Crippen molar-refractivity contribution in [3.05, 3.63) is 29.8 Å². The fourth-order valence-corrected chi connectivity index (χ4v) is 2.82. The van der Waals surface area contributed by atoms with Crippen molar-refractivity contribution >= 4 is 11.6 Å². The van der Waals surface area contributed by atoms with E-state index in [0.29, 0.717) is 13.2 Å². The van der Waals surface area contributed by atoms with E-state index in [1.165, 1.54) is 0 Å². The second-order valence-corrected chi connectivity index (χ2v) is 5.53. The molecular formula is C16H22N2O3. The normalized spacial score (nSPS) is 24.1. The number of rotatable bonds is 7. The molecule has 1 aromatic rings. The van der Waals surface area contributed by atoms with Crippen LogP contribution in [0.2, 0.25) is 0 Å². The third-order valence-electron chi connectivity index (χ3n) is 3.93. The zero-order valence-corrected chi connectivity index (χ0v) is 12.1. The number of hydrogen-bond donors (Lipinski definition) is 2. The van der Waals surface area contributed by atoms with Crippen LogP contribution in [-0.4, -0.2) is 38.4 Å². The van der Waals surface area contributed by atoms with Gasteiger partial charge in [-0.15, -0.1) is 0 Å². The predicted octanol–water partition coefficient (Wildman–Crippen LogP) is 1.86. The van der Waals surface area contributed by atoms with E-state index in [1.54, 1.807) is 0 Å². The predicted molar refractivity (Wildman–Crippen MR) is 80.2 cm³/mol. The van der Waals surface area contributed by atoms with Crippen LogP contribution in [0.4, 0.5) is 5.69 Å². The third-order valence-corrected chi connectivity index (χ3v) is 3.93. The smallest absolute Gasteiger partial charge is 0.246 e. The standard InChI is InChI=1S/C16H22N2O3/c19-16-15(13-6-1-2-7-14(13)18-16)17-8-4-9-20-11-12-5-3-10-21-12/h1-2,6-7,12,15,17H,3-5,8-11H2,(H,18,19). The van der Waals surface area contributed by atoms with Crippen LogP contribution in [0.5, 0.6) is 0 Å². The molecule has 5 nitrogen and oxygen atoms in total. The third kappa shape index (κ3) is 3.61. The number of carbonyl (C=O) groups excluding carboxylic acids is 1. The Labute approximate surface area is 125 Å². The molecule has 2 N–H and O–H groups in total. The number of carbonyl (C=O) groups is 1. The van der Waals surface area contributed by atoms with Crippen molar-refractivity contribution in [2.24, 2.45) is 0 Å². The Hall–Kier alpha value is -1.43. The Morgan fingerprint density at radius 3 is 3.14 bits per heavy atom. The minimum Gasteiger partial charge on any atom is -0.379 e. The first-order valence-electron chi connectivity index (χ1n) is 7.67. The van der Waals surface area contributed by atoms with Crippen LogP contribution < -0.4 is 10.6 Å². The lowest BCUT2D eigenvalue weighted by Crippen LogP contribution is -2.29. The van der Waals surface area contributed by atoms with Gasteiger partial charge in [0.25, 0.3) is 0 Å². The number of hydrogen-bond acceptors (Lipinski definition) is 4. The molecule has 2 aliphatic heterocycles. The summed E-state index contributed by atoms with van der Waals surface area (Å²) in [5.74, 6) is 0.0245. The molecule has 2 aliphatic rings. The first kappa shape index (κ1) is 14.5. The molecule has 1 aromatic carbocycles. The maximum absolute atomic E-state index is 11.9. The molecule has 2 heterocycles. The van der Waals surface area contributed by atoms with Gasteiger partial charge >= 0.3 is 0 Å². The summed E-state index contributed by atoms with van der Waals surface area (Å²) < 4.78 is 11.1. The molecule has 0 saturated carbocycles. The van der Waals surface area contributed by atoms with Crippen LogP contribution in [0.3, 0.4) is 0 Å². The fourth-order valence-electron chi connectivity index (χ4n) is 2.82. The molecule has 0 spiro atoms. The highest BCUT2D eigenvalue weighted by molar-refractivity contribution is 6.02. The maximum atomic E-state index is 11.9. The van der Waals surface area contributed by atoms with Crippen LogP contribution >= 0.6 is 0 Å². The van der Waals surface area contributed by atoms with Crippen molar-refractivity contribution in [1.82, 2.24) is 5.32 Å². The molecule has 114 valence electrons. The van der Waals surface area contributed by atoms with E-state index >= 15 is 0 Å². The minimum atomic E-state index is -0.237. The second-order valence-electron chi connectivity index (χ2n) is 5.53. The maximum Gasteiger partial charge on any atom is 0.246 e. The van der Waals surface area contributed by atoms with Crippen molar-refractivity contribution in [3.8, 4) is 0 Å². The van der Waals surface area contributed by atoms with Crippen molar-refractivity contribution in [1.29, 1.82) is 0 Å². The molecule has 1 saturated heterocycles. The molecule has 2 unspecified atom stereocenters. The average Bonchev–Trinajstić information content (AvgIpc) is 3.10. The van der Waals surface area contributed by atoms with Gasteiger partial charge in [0.1, 0.15) is 6.04 Å². The molecule has 0 aliphatic carbocycles. The van der Waals surface area contributed by atoms with Crippen molar-refractivity contribution in [2.75, 3.05) is 31.7 Å². The van der Waals surface area contributed by atoms with E-state index in [0.717, 1.165) is 43.7 Å². The Morgan fingerprint density at radius 2 is 2.29 bits per heavy atom. The number of para-hydroxylation sites is 1.